The van der Waals surface area contributed by atoms with Gasteiger partial charge in [0, 0.05) is 12.5 Å². The maximum atomic E-state index is 13.5. The van der Waals surface area contributed by atoms with Crippen molar-refractivity contribution in [2.45, 2.75) is 114 Å². The van der Waals surface area contributed by atoms with E-state index in [1.807, 2.05) is 19.1 Å². The normalized spacial score (nSPS) is 28.6. The molecule has 0 bridgehead atoms. The number of hydrogen-bond acceptors (Lipinski definition) is 5. The number of nitrogens with zero attached hydrogens (tertiary/aromatic N) is 1. The monoisotopic (exact) mass is 609 g/mol. The van der Waals surface area contributed by atoms with Gasteiger partial charge in [-0.15, -0.1) is 4.40 Å². The molecular weight excluding hydrogens is 558 g/mol. The van der Waals surface area contributed by atoms with Crippen molar-refractivity contribution in [3.63, 3.8) is 0 Å². The van der Waals surface area contributed by atoms with Crippen LogP contribution in [0.25, 0.3) is 0 Å². The first-order valence-electron chi connectivity index (χ1n) is 16.4. The largest absolute Gasteiger partial charge is 0.497 e. The minimum absolute atomic E-state index is 0.0915. The number of fused-ring (bicyclic) bond motifs is 5. The molecule has 5 rings (SSSR count). The molecule has 236 valence electrons. The van der Waals surface area contributed by atoms with E-state index in [0.29, 0.717) is 36.7 Å². The zero-order valence-electron chi connectivity index (χ0n) is 26.9. The maximum Gasteiger partial charge on any atom is 0.285 e. The predicted molar refractivity (Wildman–Crippen MR) is 172 cm³/mol. The van der Waals surface area contributed by atoms with Gasteiger partial charge in [0.2, 0.25) is 5.90 Å². The van der Waals surface area contributed by atoms with E-state index < -0.39 is 15.6 Å². The first kappa shape index (κ1) is 32.0. The first-order valence-corrected chi connectivity index (χ1v) is 17.9. The van der Waals surface area contributed by atoms with E-state index in [0.717, 1.165) is 62.7 Å². The van der Waals surface area contributed by atoms with Crippen LogP contribution in [0.4, 0.5) is 0 Å². The molecule has 0 radical (unpaired) electrons. The summed E-state index contributed by atoms with van der Waals surface area (Å²) < 4.78 is 49.6. The first-order chi connectivity index (χ1) is 20.7. The highest BCUT2D eigenvalue weighted by atomic mass is 32.2. The molecule has 0 aliphatic heterocycles. The molecule has 0 amide bonds. The van der Waals surface area contributed by atoms with Crippen LogP contribution in [0.5, 0.6) is 5.75 Å². The molecule has 5 atom stereocenters. The van der Waals surface area contributed by atoms with Gasteiger partial charge in [-0.2, -0.15) is 8.42 Å². The van der Waals surface area contributed by atoms with E-state index in [-0.39, 0.29) is 10.3 Å². The summed E-state index contributed by atoms with van der Waals surface area (Å²) in [4.78, 5) is 0.196. The van der Waals surface area contributed by atoms with Gasteiger partial charge < -0.3 is 14.2 Å². The van der Waals surface area contributed by atoms with Gasteiger partial charge in [-0.05, 0) is 105 Å². The number of benzene rings is 2. The lowest BCUT2D eigenvalue weighted by Crippen LogP contribution is -2.53. The molecule has 2 aromatic carbocycles. The Balaban J connectivity index is 1.40. The average Bonchev–Trinajstić information content (AvgIpc) is 3.30. The minimum atomic E-state index is -3.91. The number of ether oxygens (including phenoxy) is 3. The Labute approximate surface area is 259 Å². The Morgan fingerprint density at radius 3 is 2.47 bits per heavy atom. The summed E-state index contributed by atoms with van der Waals surface area (Å²) >= 11 is 0. The summed E-state index contributed by atoms with van der Waals surface area (Å²) in [5.74, 6) is 2.88. The lowest BCUT2D eigenvalue weighted by Gasteiger charge is -2.54. The van der Waals surface area contributed by atoms with Gasteiger partial charge in [0.15, 0.2) is 0 Å². The Bertz CT molecular complexity index is 1390. The second-order valence-corrected chi connectivity index (χ2v) is 15.0. The molecule has 0 saturated heterocycles. The second kappa shape index (κ2) is 13.3. The lowest BCUT2D eigenvalue weighted by molar-refractivity contribution is -0.123. The number of aryl methyl sites for hydroxylation is 2. The van der Waals surface area contributed by atoms with Crippen molar-refractivity contribution in [1.29, 1.82) is 0 Å². The number of methoxy groups -OCH3 is 2. The summed E-state index contributed by atoms with van der Waals surface area (Å²) in [6.07, 6.45) is 12.2. The smallest absolute Gasteiger partial charge is 0.285 e. The van der Waals surface area contributed by atoms with Crippen molar-refractivity contribution in [2.24, 2.45) is 21.6 Å². The third-order valence-electron chi connectivity index (χ3n) is 11.1. The maximum absolute atomic E-state index is 13.5. The molecule has 3 aliphatic rings. The summed E-state index contributed by atoms with van der Waals surface area (Å²) in [6, 6.07) is 13.5. The van der Waals surface area contributed by atoms with E-state index >= 15 is 0 Å². The van der Waals surface area contributed by atoms with Crippen LogP contribution in [0.3, 0.4) is 0 Å². The summed E-state index contributed by atoms with van der Waals surface area (Å²) in [5, 5.41) is 0. The predicted octanol–water partition coefficient (Wildman–Crippen LogP) is 8.41. The van der Waals surface area contributed by atoms with E-state index in [1.165, 1.54) is 30.4 Å². The number of rotatable bonds is 12. The molecule has 3 aliphatic carbocycles. The summed E-state index contributed by atoms with van der Waals surface area (Å²) in [6.45, 7) is 7.01. The molecule has 0 heterocycles. The van der Waals surface area contributed by atoms with Crippen LogP contribution >= 0.6 is 0 Å². The number of sulfonamides is 1. The SMILES string of the molecule is CCCCCCCOC(C[C@]1(OC)CC[C@H]2[C@@H]3CCc4cc(OC)ccc4[C@H]3CC[C@@]21C)=NS(=O)(=O)c1ccc(C)cc1. The molecule has 0 unspecified atom stereocenters. The summed E-state index contributed by atoms with van der Waals surface area (Å²) in [7, 11) is -0.372. The Kier molecular flexibility index (Phi) is 9.92. The average molecular weight is 610 g/mol. The lowest BCUT2D eigenvalue weighted by atomic mass is 9.53. The van der Waals surface area contributed by atoms with Crippen molar-refractivity contribution in [1.82, 2.24) is 0 Å². The fraction of sp³-hybridized carbons (Fsp3) is 0.639. The van der Waals surface area contributed by atoms with Gasteiger partial charge in [-0.1, -0.05) is 63.3 Å². The van der Waals surface area contributed by atoms with Crippen LogP contribution < -0.4 is 4.74 Å². The molecule has 0 spiro atoms. The van der Waals surface area contributed by atoms with Crippen molar-refractivity contribution < 1.29 is 22.6 Å². The van der Waals surface area contributed by atoms with Crippen LogP contribution in [0, 0.1) is 24.2 Å². The van der Waals surface area contributed by atoms with Crippen LogP contribution in [0.15, 0.2) is 51.8 Å². The minimum Gasteiger partial charge on any atom is -0.497 e. The molecule has 6 nitrogen and oxygen atoms in total. The molecule has 43 heavy (non-hydrogen) atoms. The van der Waals surface area contributed by atoms with Crippen molar-refractivity contribution in [3.05, 3.63) is 59.2 Å². The van der Waals surface area contributed by atoms with Crippen LogP contribution in [0.1, 0.15) is 107 Å². The van der Waals surface area contributed by atoms with E-state index in [9.17, 15) is 8.42 Å². The van der Waals surface area contributed by atoms with Gasteiger partial charge in [0.25, 0.3) is 10.0 Å². The Morgan fingerprint density at radius 1 is 0.977 bits per heavy atom. The third kappa shape index (κ3) is 6.40. The number of hydrogen-bond donors (Lipinski definition) is 0. The highest BCUT2D eigenvalue weighted by Crippen LogP contribution is 2.66. The van der Waals surface area contributed by atoms with E-state index in [2.05, 4.69) is 36.4 Å². The molecule has 2 fully saturated rings. The van der Waals surface area contributed by atoms with Crippen LogP contribution in [-0.2, 0) is 25.9 Å². The van der Waals surface area contributed by atoms with Gasteiger partial charge in [0.1, 0.15) is 5.75 Å². The molecule has 2 aromatic rings. The van der Waals surface area contributed by atoms with Gasteiger partial charge in [-0.25, -0.2) is 0 Å². The topological polar surface area (TPSA) is 74.2 Å². The Morgan fingerprint density at radius 2 is 1.74 bits per heavy atom. The van der Waals surface area contributed by atoms with E-state index in [4.69, 9.17) is 14.2 Å². The molecule has 0 aromatic heterocycles. The van der Waals surface area contributed by atoms with Gasteiger partial charge >= 0.3 is 0 Å². The highest BCUT2D eigenvalue weighted by molar-refractivity contribution is 7.90. The molecule has 2 saturated carbocycles. The molecule has 7 heteroatoms. The molecule has 0 N–H and O–H groups in total. The van der Waals surface area contributed by atoms with Crippen molar-refractivity contribution >= 4 is 15.9 Å². The standard InChI is InChI=1S/C36H51NO5S/c1-6-7-8-9-10-23-42-34(37-43(38,39)29-15-11-26(2)12-16-29)25-36(41-5)22-20-33-32-17-13-27-24-28(40-4)14-18-30(27)31(32)19-21-35(33,36)3/h11-12,14-16,18,24,31-33H,6-10,13,17,19-23,25H2,1-5H3/t31-,32-,33+,35+,36-/m1/s1. The van der Waals surface area contributed by atoms with Gasteiger partial charge in [-0.3, -0.25) is 0 Å². The van der Waals surface area contributed by atoms with Crippen LogP contribution in [0.2, 0.25) is 0 Å². The molecular formula is C36H51NO5S. The highest BCUT2D eigenvalue weighted by Gasteiger charge is 2.63. The van der Waals surface area contributed by atoms with E-state index in [1.54, 1.807) is 26.4 Å². The Hall–Kier alpha value is -2.38. The quantitative estimate of drug-likeness (QED) is 0.137. The fourth-order valence-electron chi connectivity index (χ4n) is 8.62. The van der Waals surface area contributed by atoms with Crippen molar-refractivity contribution in [3.8, 4) is 5.75 Å². The second-order valence-electron chi connectivity index (χ2n) is 13.4. The fourth-order valence-corrected chi connectivity index (χ4v) is 9.59. The van der Waals surface area contributed by atoms with Gasteiger partial charge in [0.05, 0.1) is 30.6 Å². The third-order valence-corrected chi connectivity index (χ3v) is 12.4. The summed E-state index contributed by atoms with van der Waals surface area (Å²) in [5.41, 5.74) is 3.32. The van der Waals surface area contributed by atoms with Crippen LogP contribution in [-0.4, -0.2) is 40.7 Å². The zero-order valence-corrected chi connectivity index (χ0v) is 27.7. The number of unbranched alkanes of at least 4 members (excludes halogenated alkanes) is 4. The zero-order chi connectivity index (χ0) is 30.7. The van der Waals surface area contributed by atoms with Crippen molar-refractivity contribution in [2.75, 3.05) is 20.8 Å².